The number of carbonyl (C=O) groups excluding carboxylic acids is 1. The molecule has 3 aromatic rings. The molecule has 5 rings (SSSR count). The highest BCUT2D eigenvalue weighted by Crippen LogP contribution is 2.41. The number of nitrogens with zero attached hydrogens (tertiary/aromatic N) is 1. The lowest BCUT2D eigenvalue weighted by Gasteiger charge is -2.46. The van der Waals surface area contributed by atoms with Gasteiger partial charge in [0.2, 0.25) is 12.9 Å². The topological polar surface area (TPSA) is 48.0 Å². The first kappa shape index (κ1) is 17.4. The van der Waals surface area contributed by atoms with Gasteiger partial charge in [0.15, 0.2) is 11.5 Å². The first-order chi connectivity index (χ1) is 13.7. The summed E-state index contributed by atoms with van der Waals surface area (Å²) in [7, 11) is 0. The molecule has 1 saturated heterocycles. The van der Waals surface area contributed by atoms with Gasteiger partial charge >= 0.3 is 0 Å². The maximum atomic E-state index is 12.9. The first-order valence-corrected chi connectivity index (χ1v) is 10.1. The number of β-lactam (4-membered cyclic amide) rings is 1. The average Bonchev–Trinajstić information content (AvgIpc) is 3.39. The van der Waals surface area contributed by atoms with Crippen LogP contribution in [0.25, 0.3) is 0 Å². The van der Waals surface area contributed by atoms with Gasteiger partial charge in [-0.1, -0.05) is 23.7 Å². The fourth-order valence-corrected chi connectivity index (χ4v) is 4.45. The molecular weight excluding hydrogens is 398 g/mol. The van der Waals surface area contributed by atoms with E-state index < -0.39 is 6.10 Å². The van der Waals surface area contributed by atoms with Gasteiger partial charge in [-0.05, 0) is 53.4 Å². The maximum Gasteiger partial charge on any atom is 0.267 e. The summed E-state index contributed by atoms with van der Waals surface area (Å²) in [6, 6.07) is 16.7. The van der Waals surface area contributed by atoms with Crippen molar-refractivity contribution < 1.29 is 19.0 Å². The van der Waals surface area contributed by atoms with Crippen LogP contribution in [-0.4, -0.2) is 23.7 Å². The van der Waals surface area contributed by atoms with Crippen LogP contribution in [0, 0.1) is 0 Å². The molecule has 2 atom stereocenters. The van der Waals surface area contributed by atoms with E-state index in [9.17, 15) is 4.79 Å². The minimum absolute atomic E-state index is 0.0361. The Labute approximate surface area is 171 Å². The van der Waals surface area contributed by atoms with E-state index in [-0.39, 0.29) is 18.7 Å². The molecule has 5 nitrogen and oxygen atoms in total. The van der Waals surface area contributed by atoms with Crippen LogP contribution in [0.15, 0.2) is 60.0 Å². The highest BCUT2D eigenvalue weighted by molar-refractivity contribution is 7.10. The molecule has 0 aliphatic carbocycles. The predicted molar refractivity (Wildman–Crippen MR) is 106 cm³/mol. The highest BCUT2D eigenvalue weighted by Gasteiger charge is 2.50. The number of halogens is 1. The van der Waals surface area contributed by atoms with Gasteiger partial charge in [0.1, 0.15) is 11.8 Å². The molecular formula is C21H16ClNO4S. The van der Waals surface area contributed by atoms with Gasteiger partial charge in [-0.2, -0.15) is 0 Å². The van der Waals surface area contributed by atoms with Crippen molar-refractivity contribution in [3.8, 4) is 17.2 Å². The third-order valence-corrected chi connectivity index (χ3v) is 6.05. The fraction of sp³-hybridized carbons (Fsp3) is 0.190. The summed E-state index contributed by atoms with van der Waals surface area (Å²) < 4.78 is 16.8. The summed E-state index contributed by atoms with van der Waals surface area (Å²) in [6.45, 7) is 0.717. The molecule has 142 valence electrons. The minimum Gasteiger partial charge on any atom is -0.478 e. The molecule has 1 amide bonds. The van der Waals surface area contributed by atoms with E-state index in [4.69, 9.17) is 25.8 Å². The van der Waals surface area contributed by atoms with Gasteiger partial charge in [0.25, 0.3) is 5.91 Å². The molecule has 0 spiro atoms. The standard InChI is InChI=1S/C21H16ClNO4S/c22-14-4-6-15(7-5-14)27-20-19(18-2-1-9-28-18)23(21(20)24)11-13-3-8-16-17(10-13)26-12-25-16/h1-10,19-20H,11-12H2/t19-,20+/m1/s1. The normalized spacial score (nSPS) is 20.2. The predicted octanol–water partition coefficient (Wildman–Crippen LogP) is 4.66. The molecule has 0 N–H and O–H groups in total. The minimum atomic E-state index is -0.547. The van der Waals surface area contributed by atoms with Crippen molar-refractivity contribution in [1.82, 2.24) is 4.90 Å². The van der Waals surface area contributed by atoms with Gasteiger partial charge in [0, 0.05) is 16.4 Å². The van der Waals surface area contributed by atoms with E-state index in [1.807, 2.05) is 40.6 Å². The smallest absolute Gasteiger partial charge is 0.267 e. The Hall–Kier alpha value is -2.70. The van der Waals surface area contributed by atoms with Crippen molar-refractivity contribution in [2.24, 2.45) is 0 Å². The summed E-state index contributed by atoms with van der Waals surface area (Å²) in [6.07, 6.45) is -0.547. The molecule has 3 heterocycles. The number of hydrogen-bond donors (Lipinski definition) is 0. The Balaban J connectivity index is 1.38. The highest BCUT2D eigenvalue weighted by atomic mass is 35.5. The van der Waals surface area contributed by atoms with Crippen LogP contribution in [-0.2, 0) is 11.3 Å². The molecule has 2 aliphatic heterocycles. The van der Waals surface area contributed by atoms with Crippen LogP contribution >= 0.6 is 22.9 Å². The number of hydrogen-bond acceptors (Lipinski definition) is 5. The Bertz CT molecular complexity index is 1010. The van der Waals surface area contributed by atoms with Gasteiger partial charge in [-0.15, -0.1) is 11.3 Å². The van der Waals surface area contributed by atoms with Crippen LogP contribution in [0.1, 0.15) is 16.5 Å². The number of ether oxygens (including phenoxy) is 3. The number of fused-ring (bicyclic) bond motifs is 1. The van der Waals surface area contributed by atoms with E-state index in [0.717, 1.165) is 16.2 Å². The van der Waals surface area contributed by atoms with Crippen molar-refractivity contribution in [2.75, 3.05) is 6.79 Å². The largest absolute Gasteiger partial charge is 0.478 e. The Kier molecular flexibility index (Phi) is 4.37. The van der Waals surface area contributed by atoms with E-state index in [1.165, 1.54) is 0 Å². The zero-order valence-electron chi connectivity index (χ0n) is 14.7. The summed E-state index contributed by atoms with van der Waals surface area (Å²) in [5.74, 6) is 2.04. The number of benzene rings is 2. The van der Waals surface area contributed by atoms with Crippen LogP contribution in [0.5, 0.6) is 17.2 Å². The summed E-state index contributed by atoms with van der Waals surface area (Å²) in [5.41, 5.74) is 0.990. The van der Waals surface area contributed by atoms with Crippen LogP contribution < -0.4 is 14.2 Å². The third kappa shape index (κ3) is 3.08. The number of rotatable bonds is 5. The molecule has 1 aromatic heterocycles. The Morgan fingerprint density at radius 1 is 1.11 bits per heavy atom. The number of thiophene rings is 1. The lowest BCUT2D eigenvalue weighted by Crippen LogP contribution is -2.60. The zero-order chi connectivity index (χ0) is 19.1. The summed E-state index contributed by atoms with van der Waals surface area (Å²) in [5, 5.41) is 2.64. The lowest BCUT2D eigenvalue weighted by atomic mass is 9.95. The second-order valence-electron chi connectivity index (χ2n) is 6.61. The van der Waals surface area contributed by atoms with Gasteiger partial charge in [-0.25, -0.2) is 0 Å². The van der Waals surface area contributed by atoms with Gasteiger partial charge < -0.3 is 19.1 Å². The SMILES string of the molecule is O=C1[C@@H](Oc2ccc(Cl)cc2)[C@@H](c2cccs2)N1Cc1ccc2c(c1)OCO2. The molecule has 2 aliphatic rings. The Morgan fingerprint density at radius 2 is 1.93 bits per heavy atom. The molecule has 7 heteroatoms. The molecule has 0 saturated carbocycles. The van der Waals surface area contributed by atoms with Crippen molar-refractivity contribution in [3.63, 3.8) is 0 Å². The average molecular weight is 414 g/mol. The van der Waals surface area contributed by atoms with Gasteiger partial charge in [-0.3, -0.25) is 4.79 Å². The van der Waals surface area contributed by atoms with E-state index in [0.29, 0.717) is 23.1 Å². The zero-order valence-corrected chi connectivity index (χ0v) is 16.3. The number of likely N-dealkylation sites (tertiary alicyclic amines) is 1. The molecule has 28 heavy (non-hydrogen) atoms. The fourth-order valence-electron chi connectivity index (χ4n) is 3.47. The monoisotopic (exact) mass is 413 g/mol. The molecule has 1 fully saturated rings. The van der Waals surface area contributed by atoms with Crippen molar-refractivity contribution in [2.45, 2.75) is 18.7 Å². The van der Waals surface area contributed by atoms with Crippen molar-refractivity contribution in [3.05, 3.63) is 75.4 Å². The molecule has 0 bridgehead atoms. The van der Waals surface area contributed by atoms with Crippen molar-refractivity contribution in [1.29, 1.82) is 0 Å². The number of amides is 1. The van der Waals surface area contributed by atoms with Crippen LogP contribution in [0.4, 0.5) is 0 Å². The van der Waals surface area contributed by atoms with E-state index >= 15 is 0 Å². The lowest BCUT2D eigenvalue weighted by molar-refractivity contribution is -0.165. The summed E-state index contributed by atoms with van der Waals surface area (Å²) >= 11 is 7.56. The van der Waals surface area contributed by atoms with E-state index in [1.54, 1.807) is 35.6 Å². The molecule has 2 aromatic carbocycles. The number of carbonyl (C=O) groups is 1. The molecule has 0 unspecified atom stereocenters. The Morgan fingerprint density at radius 3 is 2.71 bits per heavy atom. The maximum absolute atomic E-state index is 12.9. The van der Waals surface area contributed by atoms with Crippen LogP contribution in [0.2, 0.25) is 5.02 Å². The van der Waals surface area contributed by atoms with Gasteiger partial charge in [0.05, 0.1) is 0 Å². The van der Waals surface area contributed by atoms with Crippen LogP contribution in [0.3, 0.4) is 0 Å². The van der Waals surface area contributed by atoms with E-state index in [2.05, 4.69) is 0 Å². The first-order valence-electron chi connectivity index (χ1n) is 8.84. The van der Waals surface area contributed by atoms with Crippen molar-refractivity contribution >= 4 is 28.8 Å². The molecule has 0 radical (unpaired) electrons. The second kappa shape index (κ2) is 7.04. The quantitative estimate of drug-likeness (QED) is 0.571. The second-order valence-corrected chi connectivity index (χ2v) is 8.02. The summed E-state index contributed by atoms with van der Waals surface area (Å²) in [4.78, 5) is 15.8. The third-order valence-electron chi connectivity index (χ3n) is 4.85.